The van der Waals surface area contributed by atoms with Gasteiger partial charge in [-0.15, -0.1) is 11.3 Å². The minimum Gasteiger partial charge on any atom is -0.276 e. The third-order valence-electron chi connectivity index (χ3n) is 3.63. The molecule has 0 spiro atoms. The van der Waals surface area contributed by atoms with Gasteiger partial charge in [-0.3, -0.25) is 9.89 Å². The zero-order valence-electron chi connectivity index (χ0n) is 13.8. The van der Waals surface area contributed by atoms with Crippen molar-refractivity contribution in [1.82, 2.24) is 15.6 Å². The zero-order chi connectivity index (χ0) is 17.8. The van der Waals surface area contributed by atoms with Gasteiger partial charge in [-0.05, 0) is 35.2 Å². The van der Waals surface area contributed by atoms with Crippen molar-refractivity contribution in [3.63, 3.8) is 0 Å². The Morgan fingerprint density at radius 3 is 2.68 bits per heavy atom. The number of carbonyl (C=O) groups excluding carboxylic acids is 1. The molecule has 3 rings (SSSR count). The summed E-state index contributed by atoms with van der Waals surface area (Å²) in [7, 11) is 0. The Kier molecular flexibility index (Phi) is 5.31. The zero-order valence-corrected chi connectivity index (χ0v) is 15.4. The van der Waals surface area contributed by atoms with Crippen LogP contribution in [-0.2, 0) is 0 Å². The van der Waals surface area contributed by atoms with E-state index in [0.29, 0.717) is 10.3 Å². The van der Waals surface area contributed by atoms with Gasteiger partial charge in [0, 0.05) is 0 Å². The molecule has 0 aliphatic rings. The normalized spacial score (nSPS) is 11.4. The molecule has 0 saturated heterocycles. The second kappa shape index (κ2) is 7.63. The number of aromatic amines is 1. The predicted octanol–water partition coefficient (Wildman–Crippen LogP) is 4.68. The van der Waals surface area contributed by atoms with E-state index in [1.54, 1.807) is 18.3 Å². The van der Waals surface area contributed by atoms with Gasteiger partial charge in [-0.2, -0.15) is 10.2 Å². The van der Waals surface area contributed by atoms with Gasteiger partial charge >= 0.3 is 0 Å². The summed E-state index contributed by atoms with van der Waals surface area (Å²) in [5, 5.41) is 10.8. The van der Waals surface area contributed by atoms with Crippen LogP contribution in [0.3, 0.4) is 0 Å². The Hall–Kier alpha value is -2.44. The summed E-state index contributed by atoms with van der Waals surface area (Å²) >= 11 is 7.34. The molecule has 0 bridgehead atoms. The van der Waals surface area contributed by atoms with Gasteiger partial charge in [0.15, 0.2) is 5.69 Å². The summed E-state index contributed by atoms with van der Waals surface area (Å²) in [5.41, 5.74) is 5.68. The molecule has 0 atom stereocenters. The van der Waals surface area contributed by atoms with E-state index >= 15 is 0 Å². The number of hydrogen-bond acceptors (Lipinski definition) is 4. The maximum atomic E-state index is 12.1. The van der Waals surface area contributed by atoms with Crippen LogP contribution in [0.2, 0.25) is 4.34 Å². The number of amides is 1. The largest absolute Gasteiger partial charge is 0.291 e. The first-order chi connectivity index (χ1) is 12.0. The molecule has 1 amide bonds. The lowest BCUT2D eigenvalue weighted by molar-refractivity contribution is 0.0950. The van der Waals surface area contributed by atoms with Crippen LogP contribution < -0.4 is 5.43 Å². The van der Waals surface area contributed by atoms with Gasteiger partial charge in [0.1, 0.15) is 0 Å². The summed E-state index contributed by atoms with van der Waals surface area (Å²) in [6.45, 7) is 4.29. The lowest BCUT2D eigenvalue weighted by Gasteiger charge is -2.04. The maximum absolute atomic E-state index is 12.1. The monoisotopic (exact) mass is 372 g/mol. The molecule has 3 aromatic rings. The van der Waals surface area contributed by atoms with E-state index in [-0.39, 0.29) is 11.6 Å². The van der Waals surface area contributed by atoms with Gasteiger partial charge in [0.2, 0.25) is 0 Å². The van der Waals surface area contributed by atoms with Gasteiger partial charge in [-0.25, -0.2) is 5.43 Å². The van der Waals surface area contributed by atoms with Gasteiger partial charge in [-0.1, -0.05) is 49.7 Å². The van der Waals surface area contributed by atoms with Crippen LogP contribution in [0, 0.1) is 0 Å². The Balaban J connectivity index is 1.61. The second-order valence-corrected chi connectivity index (χ2v) is 7.51. The molecule has 5 nitrogen and oxygen atoms in total. The highest BCUT2D eigenvalue weighted by Crippen LogP contribution is 2.29. The molecule has 2 heterocycles. The fourth-order valence-electron chi connectivity index (χ4n) is 2.21. The van der Waals surface area contributed by atoms with E-state index < -0.39 is 0 Å². The highest BCUT2D eigenvalue weighted by molar-refractivity contribution is 7.19. The fraction of sp³-hybridized carbons (Fsp3) is 0.167. The van der Waals surface area contributed by atoms with Crippen molar-refractivity contribution in [2.75, 3.05) is 0 Å². The Bertz CT molecular complexity index is 896. The molecule has 0 unspecified atom stereocenters. The van der Waals surface area contributed by atoms with Crippen LogP contribution in [0.15, 0.2) is 47.6 Å². The highest BCUT2D eigenvalue weighted by atomic mass is 35.5. The minimum atomic E-state index is -0.375. The molecule has 2 N–H and O–H groups in total. The SMILES string of the molecule is CC(C)c1ccc(/C=N/NC(=O)c2cc(-c3ccc(Cl)s3)[nH]n2)cc1. The van der Waals surface area contributed by atoms with E-state index in [4.69, 9.17) is 11.6 Å². The predicted molar refractivity (Wildman–Crippen MR) is 103 cm³/mol. The first kappa shape index (κ1) is 17.4. The standard InChI is InChI=1S/C18H17ClN4OS/c1-11(2)13-5-3-12(4-6-13)10-20-23-18(24)15-9-14(21-22-15)16-7-8-17(19)25-16/h3-11H,1-2H3,(H,21,22)(H,23,24)/b20-10+. The molecular weight excluding hydrogens is 356 g/mol. The van der Waals surface area contributed by atoms with E-state index in [9.17, 15) is 4.79 Å². The van der Waals surface area contributed by atoms with Gasteiger partial charge < -0.3 is 0 Å². The summed E-state index contributed by atoms with van der Waals surface area (Å²) in [5.74, 6) is 0.109. The lowest BCUT2D eigenvalue weighted by atomic mass is 10.0. The van der Waals surface area contributed by atoms with Crippen molar-refractivity contribution in [2.24, 2.45) is 5.10 Å². The van der Waals surface area contributed by atoms with Crippen molar-refractivity contribution in [3.8, 4) is 10.6 Å². The molecule has 25 heavy (non-hydrogen) atoms. The van der Waals surface area contributed by atoms with E-state index in [2.05, 4.69) is 46.7 Å². The molecule has 7 heteroatoms. The smallest absolute Gasteiger partial charge is 0.276 e. The van der Waals surface area contributed by atoms with Crippen LogP contribution in [0.5, 0.6) is 0 Å². The van der Waals surface area contributed by atoms with Crippen LogP contribution in [0.1, 0.15) is 41.4 Å². The molecule has 0 fully saturated rings. The lowest BCUT2D eigenvalue weighted by Crippen LogP contribution is -2.18. The molecule has 0 aliphatic heterocycles. The molecule has 0 saturated carbocycles. The molecule has 0 aliphatic carbocycles. The van der Waals surface area contributed by atoms with Crippen molar-refractivity contribution in [2.45, 2.75) is 19.8 Å². The van der Waals surface area contributed by atoms with Crippen LogP contribution in [-0.4, -0.2) is 22.3 Å². The van der Waals surface area contributed by atoms with Crippen molar-refractivity contribution in [1.29, 1.82) is 0 Å². The number of nitrogens with zero attached hydrogens (tertiary/aromatic N) is 2. The van der Waals surface area contributed by atoms with Crippen molar-refractivity contribution >= 4 is 35.1 Å². The van der Waals surface area contributed by atoms with Crippen molar-refractivity contribution in [3.05, 3.63) is 63.6 Å². The van der Waals surface area contributed by atoms with Gasteiger partial charge in [0.25, 0.3) is 5.91 Å². The number of rotatable bonds is 5. The van der Waals surface area contributed by atoms with Crippen LogP contribution in [0.4, 0.5) is 0 Å². The second-order valence-electron chi connectivity index (χ2n) is 5.79. The summed E-state index contributed by atoms with van der Waals surface area (Å²) < 4.78 is 0.684. The third kappa shape index (κ3) is 4.35. The molecule has 128 valence electrons. The Morgan fingerprint density at radius 2 is 2.04 bits per heavy atom. The number of nitrogens with one attached hydrogen (secondary N) is 2. The summed E-state index contributed by atoms with van der Waals surface area (Å²) in [6.07, 6.45) is 1.61. The Labute approximate surface area is 154 Å². The minimum absolute atomic E-state index is 0.270. The van der Waals surface area contributed by atoms with Crippen LogP contribution in [0.25, 0.3) is 10.6 Å². The topological polar surface area (TPSA) is 70.1 Å². The average molecular weight is 373 g/mol. The highest BCUT2D eigenvalue weighted by Gasteiger charge is 2.11. The van der Waals surface area contributed by atoms with Crippen molar-refractivity contribution < 1.29 is 4.79 Å². The number of hydrogen-bond donors (Lipinski definition) is 2. The maximum Gasteiger partial charge on any atom is 0.291 e. The molecule has 1 aromatic carbocycles. The number of benzene rings is 1. The van der Waals surface area contributed by atoms with E-state index in [1.807, 2.05) is 18.2 Å². The molecule has 2 aromatic heterocycles. The number of carbonyl (C=O) groups is 1. The third-order valence-corrected chi connectivity index (χ3v) is 4.90. The quantitative estimate of drug-likeness (QED) is 0.504. The number of H-pyrrole nitrogens is 1. The number of halogens is 1. The Morgan fingerprint density at radius 1 is 1.28 bits per heavy atom. The number of thiophene rings is 1. The first-order valence-electron chi connectivity index (χ1n) is 7.77. The average Bonchev–Trinajstić information content (AvgIpc) is 3.24. The number of hydrazone groups is 1. The molecule has 0 radical (unpaired) electrons. The van der Waals surface area contributed by atoms with Gasteiger partial charge in [0.05, 0.1) is 21.1 Å². The number of aromatic nitrogens is 2. The van der Waals surface area contributed by atoms with Crippen LogP contribution >= 0.6 is 22.9 Å². The molecular formula is C18H17ClN4OS. The van der Waals surface area contributed by atoms with E-state index in [1.165, 1.54) is 16.9 Å². The summed E-state index contributed by atoms with van der Waals surface area (Å²) in [6, 6.07) is 13.4. The fourth-order valence-corrected chi connectivity index (χ4v) is 3.22. The van der Waals surface area contributed by atoms with E-state index in [0.717, 1.165) is 16.1 Å². The summed E-state index contributed by atoms with van der Waals surface area (Å²) in [4.78, 5) is 13.0. The first-order valence-corrected chi connectivity index (χ1v) is 8.97.